The minimum atomic E-state index is -3.38. The Balaban J connectivity index is 2.10. The van der Waals surface area contributed by atoms with E-state index >= 15 is 0 Å². The minimum Gasteiger partial charge on any atom is -0.497 e. The van der Waals surface area contributed by atoms with Gasteiger partial charge < -0.3 is 9.64 Å². The fourth-order valence-corrected chi connectivity index (χ4v) is 2.78. The molecular formula is C17H20N2O4S. The maximum atomic E-state index is 12.5. The van der Waals surface area contributed by atoms with Gasteiger partial charge in [-0.15, -0.1) is 0 Å². The zero-order chi connectivity index (χ0) is 17.7. The molecule has 2 aromatic carbocycles. The van der Waals surface area contributed by atoms with Crippen LogP contribution in [-0.4, -0.2) is 39.6 Å². The first-order valence-corrected chi connectivity index (χ1v) is 9.14. The molecule has 1 N–H and O–H groups in total. The topological polar surface area (TPSA) is 75.7 Å². The quantitative estimate of drug-likeness (QED) is 0.869. The van der Waals surface area contributed by atoms with Crippen LogP contribution >= 0.6 is 0 Å². The number of carbonyl (C=O) groups is 1. The van der Waals surface area contributed by atoms with Gasteiger partial charge in [0.25, 0.3) is 5.91 Å². The number of methoxy groups -OCH3 is 1. The molecule has 0 saturated carbocycles. The number of carbonyl (C=O) groups excluding carboxylic acids is 1. The Morgan fingerprint density at radius 3 is 2.42 bits per heavy atom. The van der Waals surface area contributed by atoms with Crippen molar-refractivity contribution < 1.29 is 17.9 Å². The van der Waals surface area contributed by atoms with Gasteiger partial charge in [-0.05, 0) is 35.9 Å². The van der Waals surface area contributed by atoms with Gasteiger partial charge in [-0.1, -0.05) is 18.2 Å². The van der Waals surface area contributed by atoms with Gasteiger partial charge in [-0.3, -0.25) is 9.52 Å². The van der Waals surface area contributed by atoms with Gasteiger partial charge in [0.2, 0.25) is 10.0 Å². The van der Waals surface area contributed by atoms with Crippen LogP contribution in [0.4, 0.5) is 5.69 Å². The van der Waals surface area contributed by atoms with E-state index < -0.39 is 10.0 Å². The number of ether oxygens (including phenoxy) is 1. The summed E-state index contributed by atoms with van der Waals surface area (Å²) in [6, 6.07) is 13.9. The van der Waals surface area contributed by atoms with E-state index in [-0.39, 0.29) is 5.91 Å². The molecule has 0 saturated heterocycles. The SMILES string of the molecule is COc1ccc(CN(C)C(=O)c2cccc(NS(C)(=O)=O)c2)cc1. The molecule has 0 unspecified atom stereocenters. The van der Waals surface area contributed by atoms with Crippen molar-refractivity contribution >= 4 is 21.6 Å². The van der Waals surface area contributed by atoms with Crippen molar-refractivity contribution in [3.8, 4) is 5.75 Å². The minimum absolute atomic E-state index is 0.192. The number of nitrogens with one attached hydrogen (secondary N) is 1. The van der Waals surface area contributed by atoms with Crippen LogP contribution in [0.1, 0.15) is 15.9 Å². The summed E-state index contributed by atoms with van der Waals surface area (Å²) in [7, 11) is -0.0848. The lowest BCUT2D eigenvalue weighted by molar-refractivity contribution is 0.0785. The zero-order valence-corrected chi connectivity index (χ0v) is 14.6. The maximum absolute atomic E-state index is 12.5. The molecule has 0 bridgehead atoms. The molecular weight excluding hydrogens is 328 g/mol. The van der Waals surface area contributed by atoms with Crippen LogP contribution in [0.25, 0.3) is 0 Å². The first-order valence-electron chi connectivity index (χ1n) is 7.25. The average Bonchev–Trinajstić information content (AvgIpc) is 2.53. The number of rotatable bonds is 6. The monoisotopic (exact) mass is 348 g/mol. The van der Waals surface area contributed by atoms with E-state index in [0.717, 1.165) is 17.6 Å². The van der Waals surface area contributed by atoms with Gasteiger partial charge in [-0.25, -0.2) is 8.42 Å². The van der Waals surface area contributed by atoms with Crippen LogP contribution in [0.3, 0.4) is 0 Å². The van der Waals surface area contributed by atoms with Crippen molar-refractivity contribution in [1.29, 1.82) is 0 Å². The van der Waals surface area contributed by atoms with E-state index in [1.807, 2.05) is 24.3 Å². The summed E-state index contributed by atoms with van der Waals surface area (Å²) in [5.41, 5.74) is 1.75. The highest BCUT2D eigenvalue weighted by Crippen LogP contribution is 2.16. The fourth-order valence-electron chi connectivity index (χ4n) is 2.23. The van der Waals surface area contributed by atoms with Crippen molar-refractivity contribution in [3.05, 3.63) is 59.7 Å². The Kier molecular flexibility index (Phi) is 5.46. The van der Waals surface area contributed by atoms with Gasteiger partial charge >= 0.3 is 0 Å². The van der Waals surface area contributed by atoms with Gasteiger partial charge in [0.1, 0.15) is 5.75 Å². The van der Waals surface area contributed by atoms with Crippen LogP contribution in [0.5, 0.6) is 5.75 Å². The molecule has 0 aliphatic heterocycles. The standard InChI is InChI=1S/C17H20N2O4S/c1-19(12-13-7-9-16(23-2)10-8-13)17(20)14-5-4-6-15(11-14)18-24(3,21)22/h4-11,18H,12H2,1-3H3. The number of benzene rings is 2. The Morgan fingerprint density at radius 1 is 1.17 bits per heavy atom. The normalized spacial score (nSPS) is 11.0. The number of nitrogens with zero attached hydrogens (tertiary/aromatic N) is 1. The Labute approximate surface area is 142 Å². The lowest BCUT2D eigenvalue weighted by Gasteiger charge is -2.18. The predicted molar refractivity (Wildman–Crippen MR) is 93.7 cm³/mol. The van der Waals surface area contributed by atoms with Crippen LogP contribution in [-0.2, 0) is 16.6 Å². The van der Waals surface area contributed by atoms with E-state index in [2.05, 4.69) is 4.72 Å². The molecule has 6 nitrogen and oxygen atoms in total. The summed E-state index contributed by atoms with van der Waals surface area (Å²) >= 11 is 0. The number of hydrogen-bond acceptors (Lipinski definition) is 4. The number of anilines is 1. The van der Waals surface area contributed by atoms with E-state index in [9.17, 15) is 13.2 Å². The Hall–Kier alpha value is -2.54. The summed E-state index contributed by atoms with van der Waals surface area (Å²) < 4.78 is 30.1. The summed E-state index contributed by atoms with van der Waals surface area (Å²) in [6.45, 7) is 0.437. The van der Waals surface area contributed by atoms with E-state index in [0.29, 0.717) is 17.8 Å². The summed E-state index contributed by atoms with van der Waals surface area (Å²) in [5, 5.41) is 0. The molecule has 2 aromatic rings. The van der Waals surface area contributed by atoms with Crippen LogP contribution in [0, 0.1) is 0 Å². The van der Waals surface area contributed by atoms with Gasteiger partial charge in [0.15, 0.2) is 0 Å². The van der Waals surface area contributed by atoms with Gasteiger partial charge in [-0.2, -0.15) is 0 Å². The van der Waals surface area contributed by atoms with E-state index in [4.69, 9.17) is 4.74 Å². The van der Waals surface area contributed by atoms with Crippen LogP contribution in [0.15, 0.2) is 48.5 Å². The van der Waals surface area contributed by atoms with Crippen molar-refractivity contribution in [1.82, 2.24) is 4.90 Å². The lowest BCUT2D eigenvalue weighted by Crippen LogP contribution is -2.26. The van der Waals surface area contributed by atoms with Crippen molar-refractivity contribution in [3.63, 3.8) is 0 Å². The molecule has 0 heterocycles. The van der Waals surface area contributed by atoms with E-state index in [1.165, 1.54) is 6.07 Å². The molecule has 0 atom stereocenters. The van der Waals surface area contributed by atoms with E-state index in [1.54, 1.807) is 37.3 Å². The number of amides is 1. The highest BCUT2D eigenvalue weighted by molar-refractivity contribution is 7.92. The molecule has 128 valence electrons. The largest absolute Gasteiger partial charge is 0.497 e. The number of sulfonamides is 1. The molecule has 1 amide bonds. The summed E-state index contributed by atoms with van der Waals surface area (Å²) in [4.78, 5) is 14.1. The van der Waals surface area contributed by atoms with Crippen LogP contribution < -0.4 is 9.46 Å². The van der Waals surface area contributed by atoms with Crippen molar-refractivity contribution in [2.24, 2.45) is 0 Å². The molecule has 0 aliphatic carbocycles. The highest BCUT2D eigenvalue weighted by atomic mass is 32.2. The van der Waals surface area contributed by atoms with Gasteiger partial charge in [0, 0.05) is 24.8 Å². The predicted octanol–water partition coefficient (Wildman–Crippen LogP) is 2.34. The molecule has 2 rings (SSSR count). The smallest absolute Gasteiger partial charge is 0.253 e. The Bertz CT molecular complexity index is 817. The number of hydrogen-bond donors (Lipinski definition) is 1. The average molecular weight is 348 g/mol. The second-order valence-electron chi connectivity index (χ2n) is 5.46. The third-order valence-corrected chi connectivity index (χ3v) is 3.94. The molecule has 7 heteroatoms. The Morgan fingerprint density at radius 2 is 1.83 bits per heavy atom. The third-order valence-electron chi connectivity index (χ3n) is 3.34. The second-order valence-corrected chi connectivity index (χ2v) is 7.21. The molecule has 0 spiro atoms. The summed E-state index contributed by atoms with van der Waals surface area (Å²) in [5.74, 6) is 0.565. The lowest BCUT2D eigenvalue weighted by atomic mass is 10.1. The maximum Gasteiger partial charge on any atom is 0.253 e. The van der Waals surface area contributed by atoms with Crippen LogP contribution in [0.2, 0.25) is 0 Å². The third kappa shape index (κ3) is 4.99. The van der Waals surface area contributed by atoms with Gasteiger partial charge in [0.05, 0.1) is 13.4 Å². The molecule has 24 heavy (non-hydrogen) atoms. The molecule has 0 radical (unpaired) electrons. The fraction of sp³-hybridized carbons (Fsp3) is 0.235. The highest BCUT2D eigenvalue weighted by Gasteiger charge is 2.13. The first kappa shape index (κ1) is 17.8. The molecule has 0 aromatic heterocycles. The first-order chi connectivity index (χ1) is 11.3. The van der Waals surface area contributed by atoms with Crippen molar-refractivity contribution in [2.75, 3.05) is 25.1 Å². The van der Waals surface area contributed by atoms with Crippen molar-refractivity contribution in [2.45, 2.75) is 6.54 Å². The second kappa shape index (κ2) is 7.35. The zero-order valence-electron chi connectivity index (χ0n) is 13.8. The molecule has 0 fully saturated rings. The molecule has 0 aliphatic rings. The summed E-state index contributed by atoms with van der Waals surface area (Å²) in [6.07, 6.45) is 1.07.